The molecule has 0 unspecified atom stereocenters. The Kier molecular flexibility index (Phi) is 6.76. The van der Waals surface area contributed by atoms with E-state index < -0.39 is 0 Å². The third-order valence-electron chi connectivity index (χ3n) is 3.48. The van der Waals surface area contributed by atoms with Crippen LogP contribution in [0.4, 0.5) is 0 Å². The van der Waals surface area contributed by atoms with Crippen LogP contribution in [0.25, 0.3) is 0 Å². The Morgan fingerprint density at radius 3 is 1.84 bits per heavy atom. The molecule has 2 aromatic rings. The number of hydrogen-bond acceptors (Lipinski definition) is 5. The molecule has 134 valence electrons. The topological polar surface area (TPSA) is 54.0 Å². The van der Waals surface area contributed by atoms with E-state index in [1.54, 1.807) is 18.2 Å². The first-order valence-corrected chi connectivity index (χ1v) is 9.33. The smallest absolute Gasteiger partial charge is 0.198 e. The van der Waals surface area contributed by atoms with Crippen LogP contribution < -0.4 is 18.9 Å². The number of benzene rings is 2. The lowest BCUT2D eigenvalue weighted by Crippen LogP contribution is -2.08. The van der Waals surface area contributed by atoms with Crippen LogP contribution in [0.2, 0.25) is 0 Å². The quantitative estimate of drug-likeness (QED) is 0.471. The molecule has 0 radical (unpaired) electrons. The summed E-state index contributed by atoms with van der Waals surface area (Å²) in [5.74, 6) is 1.48. The van der Waals surface area contributed by atoms with Crippen LogP contribution in [-0.2, 0) is 0 Å². The van der Waals surface area contributed by atoms with Crippen LogP contribution >= 0.6 is 47.8 Å². The number of carbonyl (C=O) groups excluding carboxylic acids is 1. The van der Waals surface area contributed by atoms with Gasteiger partial charge in [0.1, 0.15) is 0 Å². The summed E-state index contributed by atoms with van der Waals surface area (Å²) in [6.07, 6.45) is 0. The van der Waals surface area contributed by atoms with E-state index >= 15 is 0 Å². The first-order chi connectivity index (χ1) is 11.9. The summed E-state index contributed by atoms with van der Waals surface area (Å²) in [6.45, 7) is 0. The van der Waals surface area contributed by atoms with Gasteiger partial charge < -0.3 is 18.9 Å². The van der Waals surface area contributed by atoms with Crippen molar-refractivity contribution in [1.29, 1.82) is 0 Å². The number of hydrogen-bond donors (Lipinski definition) is 0. The average molecular weight is 539 g/mol. The molecule has 5 nitrogen and oxygen atoms in total. The second-order valence-corrected chi connectivity index (χ2v) is 7.31. The Hall–Kier alpha value is -1.25. The predicted molar refractivity (Wildman–Crippen MR) is 106 cm³/mol. The molecule has 0 aliphatic rings. The van der Waals surface area contributed by atoms with Crippen molar-refractivity contribution in [1.82, 2.24) is 0 Å². The number of halogens is 3. The fraction of sp³-hybridized carbons (Fsp3) is 0.235. The highest BCUT2D eigenvalue weighted by Crippen LogP contribution is 2.43. The summed E-state index contributed by atoms with van der Waals surface area (Å²) in [5, 5.41) is 0. The van der Waals surface area contributed by atoms with Crippen LogP contribution in [0, 0.1) is 0 Å². The standard InChI is InChI=1S/C17H15Br3O5/c1-22-11-6-8(5-10(19)16(11)24-3)15(21)13-14(20)9(18)7-12(23-2)17(13)25-4/h5-7H,1-4H3. The fourth-order valence-corrected chi connectivity index (χ4v) is 3.82. The van der Waals surface area contributed by atoms with Crippen molar-refractivity contribution in [2.45, 2.75) is 0 Å². The highest BCUT2D eigenvalue weighted by molar-refractivity contribution is 9.13. The van der Waals surface area contributed by atoms with Crippen LogP contribution in [0.15, 0.2) is 31.6 Å². The zero-order valence-electron chi connectivity index (χ0n) is 13.9. The first-order valence-electron chi connectivity index (χ1n) is 6.95. The van der Waals surface area contributed by atoms with E-state index in [9.17, 15) is 4.79 Å². The van der Waals surface area contributed by atoms with Crippen molar-refractivity contribution in [3.63, 3.8) is 0 Å². The molecule has 25 heavy (non-hydrogen) atoms. The molecule has 0 spiro atoms. The largest absolute Gasteiger partial charge is 0.493 e. The minimum Gasteiger partial charge on any atom is -0.493 e. The van der Waals surface area contributed by atoms with Crippen molar-refractivity contribution < 1.29 is 23.7 Å². The Labute approximate surface area is 171 Å². The molecule has 0 atom stereocenters. The van der Waals surface area contributed by atoms with Gasteiger partial charge in [0.05, 0.1) is 38.5 Å². The molecular weight excluding hydrogens is 524 g/mol. The van der Waals surface area contributed by atoms with E-state index in [-0.39, 0.29) is 5.78 Å². The third kappa shape index (κ3) is 3.80. The van der Waals surface area contributed by atoms with Crippen molar-refractivity contribution in [3.05, 3.63) is 42.7 Å². The van der Waals surface area contributed by atoms with Crippen molar-refractivity contribution in [2.75, 3.05) is 28.4 Å². The van der Waals surface area contributed by atoms with E-state index in [1.165, 1.54) is 28.4 Å². The van der Waals surface area contributed by atoms with Crippen LogP contribution in [0.5, 0.6) is 23.0 Å². The summed E-state index contributed by atoms with van der Waals surface area (Å²) in [4.78, 5) is 13.2. The van der Waals surface area contributed by atoms with Gasteiger partial charge in [-0.3, -0.25) is 4.79 Å². The first kappa shape index (κ1) is 20.1. The lowest BCUT2D eigenvalue weighted by molar-refractivity contribution is 0.103. The fourth-order valence-electron chi connectivity index (χ4n) is 2.34. The molecule has 8 heteroatoms. The summed E-state index contributed by atoms with van der Waals surface area (Å²) in [7, 11) is 6.04. The zero-order chi connectivity index (χ0) is 18.7. The summed E-state index contributed by atoms with van der Waals surface area (Å²) >= 11 is 10.3. The van der Waals surface area contributed by atoms with Gasteiger partial charge in [-0.05, 0) is 66.0 Å². The summed E-state index contributed by atoms with van der Waals surface area (Å²) in [5.41, 5.74) is 0.747. The highest BCUT2D eigenvalue weighted by Gasteiger charge is 2.25. The summed E-state index contributed by atoms with van der Waals surface area (Å²) in [6, 6.07) is 5.01. The maximum atomic E-state index is 13.2. The SMILES string of the molecule is COc1cc(C(=O)c2c(Br)c(Br)cc(OC)c2OC)cc(Br)c1OC. The lowest BCUT2D eigenvalue weighted by atomic mass is 10.0. The van der Waals surface area contributed by atoms with E-state index in [1.807, 2.05) is 0 Å². The Morgan fingerprint density at radius 1 is 0.760 bits per heavy atom. The molecule has 0 bridgehead atoms. The highest BCUT2D eigenvalue weighted by atomic mass is 79.9. The molecular formula is C17H15Br3O5. The van der Waals surface area contributed by atoms with Crippen molar-refractivity contribution in [2.24, 2.45) is 0 Å². The Bertz CT molecular complexity index is 821. The molecule has 0 aliphatic carbocycles. The summed E-state index contributed by atoms with van der Waals surface area (Å²) < 4.78 is 23.2. The van der Waals surface area contributed by atoms with Gasteiger partial charge >= 0.3 is 0 Å². The molecule has 0 saturated heterocycles. The molecule has 0 fully saturated rings. The van der Waals surface area contributed by atoms with Gasteiger partial charge in [0.2, 0.25) is 0 Å². The van der Waals surface area contributed by atoms with Crippen molar-refractivity contribution in [3.8, 4) is 23.0 Å². The minimum absolute atomic E-state index is 0.259. The van der Waals surface area contributed by atoms with Crippen molar-refractivity contribution >= 4 is 53.6 Å². The number of rotatable bonds is 6. The molecule has 0 heterocycles. The molecule has 0 aromatic heterocycles. The number of ketones is 1. The van der Waals surface area contributed by atoms with E-state index in [2.05, 4.69) is 47.8 Å². The molecule has 2 rings (SSSR count). The van der Waals surface area contributed by atoms with Crippen LogP contribution in [0.3, 0.4) is 0 Å². The van der Waals surface area contributed by atoms with Gasteiger partial charge in [-0.15, -0.1) is 0 Å². The molecule has 0 amide bonds. The molecule has 0 N–H and O–H groups in total. The number of methoxy groups -OCH3 is 4. The molecule has 0 aliphatic heterocycles. The maximum absolute atomic E-state index is 13.2. The van der Waals surface area contributed by atoms with Gasteiger partial charge in [0.25, 0.3) is 0 Å². The second-order valence-electron chi connectivity index (χ2n) is 4.81. The average Bonchev–Trinajstić information content (AvgIpc) is 2.61. The van der Waals surface area contributed by atoms with Crippen LogP contribution in [-0.4, -0.2) is 34.2 Å². The number of carbonyl (C=O) groups is 1. The van der Waals surface area contributed by atoms with Gasteiger partial charge in [-0.25, -0.2) is 0 Å². The number of ether oxygens (including phenoxy) is 4. The van der Waals surface area contributed by atoms with E-state index in [0.29, 0.717) is 47.5 Å². The maximum Gasteiger partial charge on any atom is 0.198 e. The second kappa shape index (κ2) is 8.42. The molecule has 0 saturated carbocycles. The minimum atomic E-state index is -0.259. The molecule has 2 aromatic carbocycles. The van der Waals surface area contributed by atoms with Gasteiger partial charge in [0.15, 0.2) is 28.8 Å². The Balaban J connectivity index is 2.70. The zero-order valence-corrected chi connectivity index (χ0v) is 18.7. The predicted octanol–water partition coefficient (Wildman–Crippen LogP) is 5.24. The van der Waals surface area contributed by atoms with Gasteiger partial charge in [-0.1, -0.05) is 0 Å². The van der Waals surface area contributed by atoms with Crippen LogP contribution in [0.1, 0.15) is 15.9 Å². The normalized spacial score (nSPS) is 10.4. The lowest BCUT2D eigenvalue weighted by Gasteiger charge is -2.16. The third-order valence-corrected chi connectivity index (χ3v) is 6.05. The monoisotopic (exact) mass is 536 g/mol. The van der Waals surface area contributed by atoms with Gasteiger partial charge in [-0.2, -0.15) is 0 Å². The van der Waals surface area contributed by atoms with Gasteiger partial charge in [0, 0.05) is 14.5 Å². The van der Waals surface area contributed by atoms with E-state index in [4.69, 9.17) is 18.9 Å². The van der Waals surface area contributed by atoms with E-state index in [0.717, 1.165) is 0 Å². The Morgan fingerprint density at radius 2 is 1.32 bits per heavy atom.